The molecular weight excluding hydrogens is 186 g/mol. The fourth-order valence-corrected chi connectivity index (χ4v) is 3.25. The van der Waals surface area contributed by atoms with Gasteiger partial charge in [-0.2, -0.15) is 0 Å². The highest BCUT2D eigenvalue weighted by atomic mass is 16.1. The Hall–Kier alpha value is -0.370. The predicted molar refractivity (Wildman–Crippen MR) is 61.7 cm³/mol. The van der Waals surface area contributed by atoms with Gasteiger partial charge in [0.1, 0.15) is 6.29 Å². The standard InChI is InChI=1S/C13H23NO/c15-10-11-7-13(9-14-8-11)12-5-3-1-2-4-6-12/h10-14H,1-9H2. The van der Waals surface area contributed by atoms with Crippen LogP contribution in [0.15, 0.2) is 0 Å². The van der Waals surface area contributed by atoms with E-state index in [0.717, 1.165) is 37.6 Å². The second-order valence-corrected chi connectivity index (χ2v) is 5.30. The van der Waals surface area contributed by atoms with Gasteiger partial charge in [0.25, 0.3) is 0 Å². The molecule has 0 spiro atoms. The van der Waals surface area contributed by atoms with E-state index in [9.17, 15) is 4.79 Å². The number of hydrogen-bond donors (Lipinski definition) is 1. The summed E-state index contributed by atoms with van der Waals surface area (Å²) in [7, 11) is 0. The van der Waals surface area contributed by atoms with Crippen LogP contribution < -0.4 is 5.32 Å². The molecule has 86 valence electrons. The normalized spacial score (nSPS) is 34.7. The van der Waals surface area contributed by atoms with Gasteiger partial charge < -0.3 is 10.1 Å². The number of carbonyl (C=O) groups excluding carboxylic acids is 1. The Morgan fingerprint density at radius 2 is 1.67 bits per heavy atom. The van der Waals surface area contributed by atoms with Crippen LogP contribution in [0, 0.1) is 17.8 Å². The molecule has 15 heavy (non-hydrogen) atoms. The van der Waals surface area contributed by atoms with E-state index in [2.05, 4.69) is 5.32 Å². The molecule has 1 aliphatic heterocycles. The quantitative estimate of drug-likeness (QED) is 0.559. The summed E-state index contributed by atoms with van der Waals surface area (Å²) in [6, 6.07) is 0. The van der Waals surface area contributed by atoms with E-state index < -0.39 is 0 Å². The molecule has 1 saturated heterocycles. The zero-order chi connectivity index (χ0) is 10.5. The third-order valence-electron chi connectivity index (χ3n) is 4.18. The Balaban J connectivity index is 1.87. The summed E-state index contributed by atoms with van der Waals surface area (Å²) in [4.78, 5) is 10.8. The maximum atomic E-state index is 10.8. The first-order valence-electron chi connectivity index (χ1n) is 6.56. The van der Waals surface area contributed by atoms with Crippen LogP contribution in [-0.2, 0) is 4.79 Å². The second-order valence-electron chi connectivity index (χ2n) is 5.30. The van der Waals surface area contributed by atoms with Gasteiger partial charge in [-0.05, 0) is 24.8 Å². The summed E-state index contributed by atoms with van der Waals surface area (Å²) >= 11 is 0. The van der Waals surface area contributed by atoms with Crippen molar-refractivity contribution in [3.63, 3.8) is 0 Å². The SMILES string of the molecule is O=CC1CNCC(C2CCCCCC2)C1. The molecule has 1 saturated carbocycles. The van der Waals surface area contributed by atoms with Crippen LogP contribution >= 0.6 is 0 Å². The zero-order valence-electron chi connectivity index (χ0n) is 9.58. The first kappa shape index (κ1) is 11.1. The third-order valence-corrected chi connectivity index (χ3v) is 4.18. The number of hydrogen-bond acceptors (Lipinski definition) is 2. The van der Waals surface area contributed by atoms with Crippen molar-refractivity contribution in [2.75, 3.05) is 13.1 Å². The van der Waals surface area contributed by atoms with Crippen molar-refractivity contribution in [3.8, 4) is 0 Å². The highest BCUT2D eigenvalue weighted by Gasteiger charge is 2.28. The van der Waals surface area contributed by atoms with Crippen LogP contribution in [0.3, 0.4) is 0 Å². The molecule has 1 N–H and O–H groups in total. The fraction of sp³-hybridized carbons (Fsp3) is 0.923. The lowest BCUT2D eigenvalue weighted by atomic mass is 9.78. The topological polar surface area (TPSA) is 29.1 Å². The number of nitrogens with one attached hydrogen (secondary N) is 1. The van der Waals surface area contributed by atoms with Crippen LogP contribution in [0.1, 0.15) is 44.9 Å². The van der Waals surface area contributed by atoms with Gasteiger partial charge in [-0.25, -0.2) is 0 Å². The van der Waals surface area contributed by atoms with Crippen molar-refractivity contribution in [2.45, 2.75) is 44.9 Å². The summed E-state index contributed by atoms with van der Waals surface area (Å²) in [5, 5.41) is 3.42. The van der Waals surface area contributed by atoms with Crippen molar-refractivity contribution in [1.29, 1.82) is 0 Å². The second kappa shape index (κ2) is 5.64. The molecule has 2 aliphatic rings. The molecule has 0 aromatic rings. The summed E-state index contributed by atoms with van der Waals surface area (Å²) in [6.45, 7) is 2.06. The smallest absolute Gasteiger partial charge is 0.124 e. The van der Waals surface area contributed by atoms with E-state index >= 15 is 0 Å². The Kier molecular flexibility index (Phi) is 4.18. The highest BCUT2D eigenvalue weighted by Crippen LogP contribution is 2.33. The average Bonchev–Trinajstić information content (AvgIpc) is 2.58. The first-order chi connectivity index (χ1) is 7.40. The minimum absolute atomic E-state index is 0.284. The molecule has 0 bridgehead atoms. The molecule has 2 unspecified atom stereocenters. The monoisotopic (exact) mass is 209 g/mol. The molecule has 1 aliphatic carbocycles. The molecular formula is C13H23NO. The molecule has 0 aromatic heterocycles. The maximum Gasteiger partial charge on any atom is 0.124 e. The van der Waals surface area contributed by atoms with Crippen LogP contribution in [-0.4, -0.2) is 19.4 Å². The van der Waals surface area contributed by atoms with Crippen LogP contribution in [0.25, 0.3) is 0 Å². The summed E-state index contributed by atoms with van der Waals surface area (Å²) in [5.41, 5.74) is 0. The van der Waals surface area contributed by atoms with Gasteiger partial charge in [-0.1, -0.05) is 38.5 Å². The summed E-state index contributed by atoms with van der Waals surface area (Å²) < 4.78 is 0. The van der Waals surface area contributed by atoms with Crippen molar-refractivity contribution >= 4 is 6.29 Å². The van der Waals surface area contributed by atoms with Gasteiger partial charge in [0.2, 0.25) is 0 Å². The van der Waals surface area contributed by atoms with Crippen molar-refractivity contribution in [3.05, 3.63) is 0 Å². The van der Waals surface area contributed by atoms with E-state index in [4.69, 9.17) is 0 Å². The van der Waals surface area contributed by atoms with Crippen LogP contribution in [0.4, 0.5) is 0 Å². The minimum Gasteiger partial charge on any atom is -0.316 e. The number of rotatable bonds is 2. The first-order valence-corrected chi connectivity index (χ1v) is 6.56. The largest absolute Gasteiger partial charge is 0.316 e. The van der Waals surface area contributed by atoms with Crippen molar-refractivity contribution < 1.29 is 4.79 Å². The van der Waals surface area contributed by atoms with Crippen LogP contribution in [0.5, 0.6) is 0 Å². The average molecular weight is 209 g/mol. The molecule has 2 fully saturated rings. The predicted octanol–water partition coefficient (Wildman–Crippen LogP) is 2.38. The Morgan fingerprint density at radius 3 is 2.33 bits per heavy atom. The maximum absolute atomic E-state index is 10.8. The van der Waals surface area contributed by atoms with Crippen molar-refractivity contribution in [1.82, 2.24) is 5.32 Å². The Morgan fingerprint density at radius 1 is 0.933 bits per heavy atom. The van der Waals surface area contributed by atoms with Crippen LogP contribution in [0.2, 0.25) is 0 Å². The number of piperidine rings is 1. The lowest BCUT2D eigenvalue weighted by Crippen LogP contribution is -2.39. The molecule has 2 atom stereocenters. The molecule has 2 rings (SSSR count). The van der Waals surface area contributed by atoms with Gasteiger partial charge >= 0.3 is 0 Å². The number of carbonyl (C=O) groups is 1. The van der Waals surface area contributed by atoms with Crippen molar-refractivity contribution in [2.24, 2.45) is 17.8 Å². The van der Waals surface area contributed by atoms with E-state index in [0.29, 0.717) is 0 Å². The van der Waals surface area contributed by atoms with E-state index in [-0.39, 0.29) is 5.92 Å². The minimum atomic E-state index is 0.284. The molecule has 2 heteroatoms. The summed E-state index contributed by atoms with van der Waals surface area (Å²) in [5.74, 6) is 1.95. The third kappa shape index (κ3) is 3.04. The molecule has 0 aromatic carbocycles. The van der Waals surface area contributed by atoms with Gasteiger partial charge in [0.05, 0.1) is 0 Å². The molecule has 0 amide bonds. The van der Waals surface area contributed by atoms with E-state index in [1.807, 2.05) is 0 Å². The van der Waals surface area contributed by atoms with E-state index in [1.165, 1.54) is 38.5 Å². The lowest BCUT2D eigenvalue weighted by molar-refractivity contribution is -0.112. The summed E-state index contributed by atoms with van der Waals surface area (Å²) in [6.07, 6.45) is 10.8. The Labute approximate surface area is 92.8 Å². The van der Waals surface area contributed by atoms with Gasteiger partial charge in [-0.3, -0.25) is 0 Å². The highest BCUT2D eigenvalue weighted by molar-refractivity contribution is 5.54. The molecule has 0 radical (unpaired) electrons. The number of aldehydes is 1. The molecule has 2 nitrogen and oxygen atoms in total. The lowest BCUT2D eigenvalue weighted by Gasteiger charge is -2.32. The van der Waals surface area contributed by atoms with Gasteiger partial charge in [-0.15, -0.1) is 0 Å². The van der Waals surface area contributed by atoms with Gasteiger partial charge in [0, 0.05) is 12.5 Å². The fourth-order valence-electron chi connectivity index (χ4n) is 3.25. The molecule has 1 heterocycles. The van der Waals surface area contributed by atoms with E-state index in [1.54, 1.807) is 0 Å². The zero-order valence-corrected chi connectivity index (χ0v) is 9.58. The van der Waals surface area contributed by atoms with Gasteiger partial charge in [0.15, 0.2) is 0 Å². The Bertz CT molecular complexity index is 197.